The quantitative estimate of drug-likeness (QED) is 0.770. The molecule has 15 heavy (non-hydrogen) atoms. The van der Waals surface area contributed by atoms with Crippen molar-refractivity contribution in [3.05, 3.63) is 0 Å². The lowest BCUT2D eigenvalue weighted by atomic mass is 9.79. The summed E-state index contributed by atoms with van der Waals surface area (Å²) in [6, 6.07) is 0. The second kappa shape index (κ2) is 6.33. The summed E-state index contributed by atoms with van der Waals surface area (Å²) < 4.78 is 0. The highest BCUT2D eigenvalue weighted by Gasteiger charge is 2.42. The maximum Gasteiger partial charge on any atom is 0.323 e. The van der Waals surface area contributed by atoms with Crippen LogP contribution in [0.25, 0.3) is 0 Å². The number of hydrogen-bond acceptors (Lipinski definition) is 2. The maximum absolute atomic E-state index is 11.2. The van der Waals surface area contributed by atoms with E-state index in [0.717, 1.165) is 38.5 Å². The molecule has 0 radical (unpaired) electrons. The Morgan fingerprint density at radius 2 is 2.00 bits per heavy atom. The Labute approximate surface area is 97.8 Å². The van der Waals surface area contributed by atoms with Gasteiger partial charge < -0.3 is 10.8 Å². The van der Waals surface area contributed by atoms with Crippen LogP contribution in [0.3, 0.4) is 0 Å². The summed E-state index contributed by atoms with van der Waals surface area (Å²) in [7, 11) is 0. The SMILES string of the molecule is CCCC[C@@](N)(C(=O)O)C1CCCC1.Cl. The first kappa shape index (κ1) is 14.7. The van der Waals surface area contributed by atoms with E-state index in [-0.39, 0.29) is 18.3 Å². The molecular weight excluding hydrogens is 214 g/mol. The van der Waals surface area contributed by atoms with E-state index < -0.39 is 11.5 Å². The molecule has 1 atom stereocenters. The van der Waals surface area contributed by atoms with E-state index in [9.17, 15) is 9.90 Å². The lowest BCUT2D eigenvalue weighted by Crippen LogP contribution is -2.53. The molecule has 0 bridgehead atoms. The fourth-order valence-electron chi connectivity index (χ4n) is 2.40. The number of hydrogen-bond donors (Lipinski definition) is 2. The molecule has 1 aliphatic rings. The predicted octanol–water partition coefficient (Wildman–Crippen LogP) is 2.57. The van der Waals surface area contributed by atoms with Gasteiger partial charge in [0.2, 0.25) is 0 Å². The monoisotopic (exact) mass is 235 g/mol. The standard InChI is InChI=1S/C11H21NO2.ClH/c1-2-3-8-11(12,10(13)14)9-6-4-5-7-9;/h9H,2-8,12H2,1H3,(H,13,14);1H/t11-;/m0./s1. The van der Waals surface area contributed by atoms with E-state index in [1.807, 2.05) is 0 Å². The normalized spacial score (nSPS) is 20.7. The van der Waals surface area contributed by atoms with Gasteiger partial charge in [-0.25, -0.2) is 0 Å². The fraction of sp³-hybridized carbons (Fsp3) is 0.909. The first-order valence-electron chi connectivity index (χ1n) is 5.63. The van der Waals surface area contributed by atoms with Crippen molar-refractivity contribution in [1.29, 1.82) is 0 Å². The average molecular weight is 236 g/mol. The first-order valence-corrected chi connectivity index (χ1v) is 5.63. The van der Waals surface area contributed by atoms with Crippen LogP contribution in [0.1, 0.15) is 51.9 Å². The highest BCUT2D eigenvalue weighted by atomic mass is 35.5. The zero-order valence-electron chi connectivity index (χ0n) is 9.37. The summed E-state index contributed by atoms with van der Waals surface area (Å²) in [5, 5.41) is 9.19. The van der Waals surface area contributed by atoms with Crippen molar-refractivity contribution in [3.8, 4) is 0 Å². The lowest BCUT2D eigenvalue weighted by molar-refractivity contribution is -0.146. The molecular formula is C11H22ClNO2. The molecule has 0 spiro atoms. The van der Waals surface area contributed by atoms with Crippen molar-refractivity contribution in [1.82, 2.24) is 0 Å². The van der Waals surface area contributed by atoms with E-state index in [2.05, 4.69) is 6.92 Å². The molecule has 0 aromatic heterocycles. The summed E-state index contributed by atoms with van der Waals surface area (Å²) in [5.74, 6) is -0.607. The van der Waals surface area contributed by atoms with Crippen LogP contribution in [0.2, 0.25) is 0 Å². The molecule has 1 saturated carbocycles. The molecule has 1 aliphatic carbocycles. The number of nitrogens with two attached hydrogens (primary N) is 1. The smallest absolute Gasteiger partial charge is 0.323 e. The molecule has 3 nitrogen and oxygen atoms in total. The summed E-state index contributed by atoms with van der Waals surface area (Å²) in [4.78, 5) is 11.2. The third-order valence-electron chi connectivity index (χ3n) is 3.43. The maximum atomic E-state index is 11.2. The number of unbranched alkanes of at least 4 members (excludes halogenated alkanes) is 1. The zero-order chi connectivity index (χ0) is 10.6. The number of rotatable bonds is 5. The van der Waals surface area contributed by atoms with Gasteiger partial charge in [0, 0.05) is 0 Å². The lowest BCUT2D eigenvalue weighted by Gasteiger charge is -2.31. The topological polar surface area (TPSA) is 63.3 Å². The molecule has 1 rings (SSSR count). The molecule has 3 N–H and O–H groups in total. The highest BCUT2D eigenvalue weighted by Crippen LogP contribution is 2.35. The van der Waals surface area contributed by atoms with Crippen LogP contribution < -0.4 is 5.73 Å². The Morgan fingerprint density at radius 3 is 2.40 bits per heavy atom. The second-order valence-corrected chi connectivity index (χ2v) is 4.43. The van der Waals surface area contributed by atoms with Crippen molar-refractivity contribution >= 4 is 18.4 Å². The first-order chi connectivity index (χ1) is 6.61. The van der Waals surface area contributed by atoms with Crippen molar-refractivity contribution in [2.24, 2.45) is 11.7 Å². The van der Waals surface area contributed by atoms with Gasteiger partial charge in [0.25, 0.3) is 0 Å². The number of halogens is 1. The third kappa shape index (κ3) is 3.35. The molecule has 0 heterocycles. The van der Waals surface area contributed by atoms with E-state index in [0.29, 0.717) is 6.42 Å². The summed E-state index contributed by atoms with van der Waals surface area (Å²) >= 11 is 0. The molecule has 0 aliphatic heterocycles. The molecule has 1 fully saturated rings. The van der Waals surface area contributed by atoms with Gasteiger partial charge >= 0.3 is 5.97 Å². The largest absolute Gasteiger partial charge is 0.480 e. The van der Waals surface area contributed by atoms with Gasteiger partial charge in [-0.3, -0.25) is 4.79 Å². The fourth-order valence-corrected chi connectivity index (χ4v) is 2.40. The third-order valence-corrected chi connectivity index (χ3v) is 3.43. The zero-order valence-corrected chi connectivity index (χ0v) is 10.2. The van der Waals surface area contributed by atoms with Gasteiger partial charge in [0.15, 0.2) is 0 Å². The number of carbonyl (C=O) groups is 1. The van der Waals surface area contributed by atoms with Gasteiger partial charge in [0.05, 0.1) is 0 Å². The van der Waals surface area contributed by atoms with Crippen molar-refractivity contribution in [3.63, 3.8) is 0 Å². The van der Waals surface area contributed by atoms with Crippen LogP contribution in [0.5, 0.6) is 0 Å². The minimum Gasteiger partial charge on any atom is -0.480 e. The summed E-state index contributed by atoms with van der Waals surface area (Å²) in [5.41, 5.74) is 5.08. The summed E-state index contributed by atoms with van der Waals surface area (Å²) in [6.45, 7) is 2.07. The average Bonchev–Trinajstić information content (AvgIpc) is 2.66. The van der Waals surface area contributed by atoms with Crippen LogP contribution >= 0.6 is 12.4 Å². The van der Waals surface area contributed by atoms with Crippen molar-refractivity contribution < 1.29 is 9.90 Å². The number of carboxylic acid groups (broad SMARTS) is 1. The molecule has 0 aromatic rings. The minimum absolute atomic E-state index is 0. The predicted molar refractivity (Wildman–Crippen MR) is 63.3 cm³/mol. The number of carboxylic acids is 1. The van der Waals surface area contributed by atoms with Gasteiger partial charge in [0.1, 0.15) is 5.54 Å². The Balaban J connectivity index is 0.00000196. The van der Waals surface area contributed by atoms with Gasteiger partial charge in [-0.1, -0.05) is 32.6 Å². The molecule has 0 unspecified atom stereocenters. The molecule has 4 heteroatoms. The molecule has 0 aromatic carbocycles. The van der Waals surface area contributed by atoms with Crippen molar-refractivity contribution in [2.45, 2.75) is 57.4 Å². The molecule has 0 amide bonds. The van der Waals surface area contributed by atoms with Crippen molar-refractivity contribution in [2.75, 3.05) is 0 Å². The minimum atomic E-state index is -0.952. The second-order valence-electron chi connectivity index (χ2n) is 4.43. The van der Waals surface area contributed by atoms with Gasteiger partial charge in [-0.05, 0) is 25.2 Å². The van der Waals surface area contributed by atoms with Crippen LogP contribution in [0.15, 0.2) is 0 Å². The Morgan fingerprint density at radius 1 is 1.47 bits per heavy atom. The van der Waals surface area contributed by atoms with Crippen LogP contribution in [-0.2, 0) is 4.79 Å². The van der Waals surface area contributed by atoms with Crippen LogP contribution in [0.4, 0.5) is 0 Å². The Bertz CT molecular complexity index is 205. The number of aliphatic carboxylic acids is 1. The Kier molecular flexibility index (Phi) is 6.22. The van der Waals surface area contributed by atoms with Gasteiger partial charge in [-0.15, -0.1) is 12.4 Å². The van der Waals surface area contributed by atoms with E-state index in [4.69, 9.17) is 5.73 Å². The van der Waals surface area contributed by atoms with Crippen LogP contribution in [-0.4, -0.2) is 16.6 Å². The Hall–Kier alpha value is -0.280. The highest BCUT2D eigenvalue weighted by molar-refractivity contribution is 5.85. The molecule has 0 saturated heterocycles. The van der Waals surface area contributed by atoms with Crippen LogP contribution in [0, 0.1) is 5.92 Å². The van der Waals surface area contributed by atoms with E-state index in [1.165, 1.54) is 0 Å². The summed E-state index contributed by atoms with van der Waals surface area (Å²) in [6.07, 6.45) is 6.83. The molecule has 90 valence electrons. The van der Waals surface area contributed by atoms with Gasteiger partial charge in [-0.2, -0.15) is 0 Å². The van der Waals surface area contributed by atoms with E-state index in [1.54, 1.807) is 0 Å². The van der Waals surface area contributed by atoms with E-state index >= 15 is 0 Å².